The predicted molar refractivity (Wildman–Crippen MR) is 91.8 cm³/mol. The molecule has 21 heavy (non-hydrogen) atoms. The molecule has 0 aromatic carbocycles. The minimum absolute atomic E-state index is 0.706. The van der Waals surface area contributed by atoms with Gasteiger partial charge >= 0.3 is 0 Å². The molecule has 0 amide bonds. The molecule has 0 unspecified atom stereocenters. The number of piperazine rings is 1. The molecule has 0 aromatic heterocycles. The van der Waals surface area contributed by atoms with E-state index in [1.807, 2.05) is 0 Å². The summed E-state index contributed by atoms with van der Waals surface area (Å²) in [7, 11) is 0. The van der Waals surface area contributed by atoms with Crippen molar-refractivity contribution in [3.05, 3.63) is 0 Å². The van der Waals surface area contributed by atoms with Crippen molar-refractivity contribution in [2.24, 2.45) is 5.92 Å². The van der Waals surface area contributed by atoms with Crippen LogP contribution >= 0.6 is 0 Å². The molecule has 0 N–H and O–H groups in total. The number of nitrogens with zero attached hydrogens (tertiary/aromatic N) is 3. The van der Waals surface area contributed by atoms with Crippen LogP contribution in [-0.2, 0) is 0 Å². The quantitative estimate of drug-likeness (QED) is 0.789. The summed E-state index contributed by atoms with van der Waals surface area (Å²) in [5, 5.41) is 0. The summed E-state index contributed by atoms with van der Waals surface area (Å²) >= 11 is 0. The van der Waals surface area contributed by atoms with Crippen molar-refractivity contribution in [1.29, 1.82) is 0 Å². The van der Waals surface area contributed by atoms with E-state index >= 15 is 0 Å². The maximum Gasteiger partial charge on any atom is 0.0126 e. The van der Waals surface area contributed by atoms with Crippen LogP contribution in [0.15, 0.2) is 0 Å². The fourth-order valence-electron chi connectivity index (χ4n) is 4.29. The lowest BCUT2D eigenvalue weighted by Crippen LogP contribution is -2.58. The highest BCUT2D eigenvalue weighted by Crippen LogP contribution is 2.28. The van der Waals surface area contributed by atoms with Crippen molar-refractivity contribution in [3.63, 3.8) is 0 Å². The zero-order chi connectivity index (χ0) is 15.6. The number of likely N-dealkylation sites (tertiary alicyclic amines) is 1. The monoisotopic (exact) mass is 295 g/mol. The highest BCUT2D eigenvalue weighted by atomic mass is 15.3. The van der Waals surface area contributed by atoms with E-state index < -0.39 is 0 Å². The molecule has 0 aromatic rings. The van der Waals surface area contributed by atoms with Gasteiger partial charge in [-0.25, -0.2) is 0 Å². The van der Waals surface area contributed by atoms with Crippen LogP contribution in [0.25, 0.3) is 0 Å². The highest BCUT2D eigenvalue weighted by molar-refractivity contribution is 4.91. The van der Waals surface area contributed by atoms with Crippen LogP contribution < -0.4 is 0 Å². The van der Waals surface area contributed by atoms with E-state index in [-0.39, 0.29) is 0 Å². The number of rotatable bonds is 4. The van der Waals surface area contributed by atoms with E-state index in [1.165, 1.54) is 45.6 Å². The van der Waals surface area contributed by atoms with Gasteiger partial charge in [-0.3, -0.25) is 14.7 Å². The first kappa shape index (κ1) is 17.2. The second-order valence-electron chi connectivity index (χ2n) is 8.08. The summed E-state index contributed by atoms with van der Waals surface area (Å²) in [6.45, 7) is 20.5. The van der Waals surface area contributed by atoms with E-state index in [9.17, 15) is 0 Å². The number of hydrogen-bond donors (Lipinski definition) is 0. The second-order valence-corrected chi connectivity index (χ2v) is 8.08. The van der Waals surface area contributed by atoms with Crippen molar-refractivity contribution in [1.82, 2.24) is 14.7 Å². The molecule has 0 radical (unpaired) electrons. The smallest absolute Gasteiger partial charge is 0.0126 e. The third kappa shape index (κ3) is 4.43. The molecule has 2 rings (SSSR count). The SMILES string of the molecule is CC(C)CN1[C@H](C)CC(N2CCN(C(C)C)CC2)C[C@H]1C. The summed E-state index contributed by atoms with van der Waals surface area (Å²) in [5.74, 6) is 0.779. The molecule has 2 saturated heterocycles. The van der Waals surface area contributed by atoms with Crippen molar-refractivity contribution in [2.45, 2.75) is 78.6 Å². The summed E-state index contributed by atoms with van der Waals surface area (Å²) < 4.78 is 0. The van der Waals surface area contributed by atoms with Gasteiger partial charge in [0.15, 0.2) is 0 Å². The van der Waals surface area contributed by atoms with E-state index in [0.29, 0.717) is 6.04 Å². The van der Waals surface area contributed by atoms with Gasteiger partial charge in [0.05, 0.1) is 0 Å². The highest BCUT2D eigenvalue weighted by Gasteiger charge is 2.35. The van der Waals surface area contributed by atoms with Crippen LogP contribution in [0.2, 0.25) is 0 Å². The van der Waals surface area contributed by atoms with E-state index in [2.05, 4.69) is 56.2 Å². The van der Waals surface area contributed by atoms with Crippen LogP contribution in [0.3, 0.4) is 0 Å². The number of hydrogen-bond acceptors (Lipinski definition) is 3. The van der Waals surface area contributed by atoms with Crippen LogP contribution in [0.1, 0.15) is 54.4 Å². The molecule has 2 atom stereocenters. The zero-order valence-electron chi connectivity index (χ0n) is 15.2. The Hall–Kier alpha value is -0.120. The largest absolute Gasteiger partial charge is 0.298 e. The Balaban J connectivity index is 1.87. The minimum atomic E-state index is 0.706. The third-order valence-corrected chi connectivity index (χ3v) is 5.53. The Labute approximate surface area is 132 Å². The Morgan fingerprint density at radius 3 is 1.81 bits per heavy atom. The average molecular weight is 296 g/mol. The molecule has 2 aliphatic rings. The molecule has 3 nitrogen and oxygen atoms in total. The topological polar surface area (TPSA) is 9.72 Å². The van der Waals surface area contributed by atoms with Gasteiger partial charge in [0, 0.05) is 56.9 Å². The first-order chi connectivity index (χ1) is 9.88. The van der Waals surface area contributed by atoms with Gasteiger partial charge < -0.3 is 0 Å². The van der Waals surface area contributed by atoms with Gasteiger partial charge in [-0.15, -0.1) is 0 Å². The summed E-state index contributed by atoms with van der Waals surface area (Å²) in [4.78, 5) is 8.14. The molecular formula is C18H37N3. The average Bonchev–Trinajstić information content (AvgIpc) is 2.42. The molecule has 2 fully saturated rings. The third-order valence-electron chi connectivity index (χ3n) is 5.53. The maximum absolute atomic E-state index is 2.78. The Morgan fingerprint density at radius 2 is 1.38 bits per heavy atom. The van der Waals surface area contributed by atoms with Crippen molar-refractivity contribution in [3.8, 4) is 0 Å². The fourth-order valence-corrected chi connectivity index (χ4v) is 4.29. The maximum atomic E-state index is 2.78. The van der Waals surface area contributed by atoms with Crippen molar-refractivity contribution >= 4 is 0 Å². The lowest BCUT2D eigenvalue weighted by Gasteiger charge is -2.49. The Kier molecular flexibility index (Phi) is 6.10. The second kappa shape index (κ2) is 7.43. The Bertz CT molecular complexity index is 296. The molecule has 0 spiro atoms. The van der Waals surface area contributed by atoms with Gasteiger partial charge in [0.2, 0.25) is 0 Å². The van der Waals surface area contributed by atoms with Gasteiger partial charge in [-0.05, 0) is 46.5 Å². The molecule has 2 aliphatic heterocycles. The zero-order valence-corrected chi connectivity index (χ0v) is 15.2. The number of piperidine rings is 1. The minimum Gasteiger partial charge on any atom is -0.298 e. The van der Waals surface area contributed by atoms with Gasteiger partial charge in [-0.2, -0.15) is 0 Å². The first-order valence-electron chi connectivity index (χ1n) is 9.12. The van der Waals surface area contributed by atoms with Crippen LogP contribution in [0.5, 0.6) is 0 Å². The lowest BCUT2D eigenvalue weighted by molar-refractivity contribution is 0.00412. The molecule has 2 heterocycles. The van der Waals surface area contributed by atoms with E-state index in [0.717, 1.165) is 24.0 Å². The molecule has 0 aliphatic carbocycles. The van der Waals surface area contributed by atoms with Crippen LogP contribution in [0.4, 0.5) is 0 Å². The van der Waals surface area contributed by atoms with Crippen LogP contribution in [-0.4, -0.2) is 71.6 Å². The van der Waals surface area contributed by atoms with Gasteiger partial charge in [0.1, 0.15) is 0 Å². The summed E-state index contributed by atoms with van der Waals surface area (Å²) in [6.07, 6.45) is 2.72. The van der Waals surface area contributed by atoms with Gasteiger partial charge in [-0.1, -0.05) is 13.8 Å². The van der Waals surface area contributed by atoms with E-state index in [1.54, 1.807) is 0 Å². The van der Waals surface area contributed by atoms with Gasteiger partial charge in [0.25, 0.3) is 0 Å². The molecule has 3 heteroatoms. The van der Waals surface area contributed by atoms with Crippen LogP contribution in [0, 0.1) is 5.92 Å². The summed E-state index contributed by atoms with van der Waals surface area (Å²) in [5.41, 5.74) is 0. The molecular weight excluding hydrogens is 258 g/mol. The predicted octanol–water partition coefficient (Wildman–Crippen LogP) is 2.91. The molecule has 124 valence electrons. The fraction of sp³-hybridized carbons (Fsp3) is 1.00. The summed E-state index contributed by atoms with van der Waals surface area (Å²) in [6, 6.07) is 3.00. The normalized spacial score (nSPS) is 34.0. The lowest BCUT2D eigenvalue weighted by atomic mass is 9.90. The Morgan fingerprint density at radius 1 is 0.857 bits per heavy atom. The first-order valence-corrected chi connectivity index (χ1v) is 9.12. The van der Waals surface area contributed by atoms with Crippen molar-refractivity contribution in [2.75, 3.05) is 32.7 Å². The standard InChI is InChI=1S/C18H37N3/c1-14(2)13-21-16(5)11-18(12-17(21)6)20-9-7-19(8-10-20)15(3)4/h14-18H,7-13H2,1-6H3/t16-,17-/m1/s1. The molecule has 0 saturated carbocycles. The molecule has 0 bridgehead atoms. The van der Waals surface area contributed by atoms with E-state index in [4.69, 9.17) is 0 Å². The van der Waals surface area contributed by atoms with Crippen molar-refractivity contribution < 1.29 is 0 Å².